The molecule has 1 aromatic heterocycles. The maximum atomic E-state index is 11.9. The molecule has 2 rings (SSSR count). The molecule has 1 amide bonds. The Bertz CT molecular complexity index is 686. The maximum Gasteiger partial charge on any atom is 0.233 e. The molecule has 1 N–H and O–H groups in total. The Morgan fingerprint density at radius 1 is 1.50 bits per heavy atom. The molecule has 0 aliphatic carbocycles. The lowest BCUT2D eigenvalue weighted by Crippen LogP contribution is -2.31. The third-order valence-electron chi connectivity index (χ3n) is 3.02. The molecule has 5 nitrogen and oxygen atoms in total. The van der Waals surface area contributed by atoms with Gasteiger partial charge in [-0.2, -0.15) is 0 Å². The zero-order valence-corrected chi connectivity index (χ0v) is 14.0. The van der Waals surface area contributed by atoms with E-state index in [1.54, 1.807) is 6.08 Å². The first-order valence-electron chi connectivity index (χ1n) is 6.74. The molecular formula is C15H17ClN4OS. The molecule has 0 saturated carbocycles. The smallest absolute Gasteiger partial charge is 0.233 e. The van der Waals surface area contributed by atoms with Gasteiger partial charge < -0.3 is 9.88 Å². The number of hydrogen-bond donors (Lipinski definition) is 1. The van der Waals surface area contributed by atoms with Crippen LogP contribution in [0.25, 0.3) is 11.4 Å². The normalized spacial score (nSPS) is 12.0. The number of thioether (sulfide) groups is 1. The SMILES string of the molecule is C=CCNC(=O)[C@@H](C)Sc1nnc(-c2ccccc2Cl)n1C. The van der Waals surface area contributed by atoms with Crippen LogP contribution in [0.2, 0.25) is 5.02 Å². The summed E-state index contributed by atoms with van der Waals surface area (Å²) in [6, 6.07) is 7.46. The first-order chi connectivity index (χ1) is 10.5. The highest BCUT2D eigenvalue weighted by Gasteiger charge is 2.19. The Balaban J connectivity index is 2.16. The van der Waals surface area contributed by atoms with Crippen LogP contribution in [-0.4, -0.2) is 32.5 Å². The lowest BCUT2D eigenvalue weighted by molar-refractivity contribution is -0.120. The highest BCUT2D eigenvalue weighted by molar-refractivity contribution is 8.00. The zero-order valence-electron chi connectivity index (χ0n) is 12.4. The van der Waals surface area contributed by atoms with Crippen molar-refractivity contribution in [1.29, 1.82) is 0 Å². The van der Waals surface area contributed by atoms with Gasteiger partial charge in [-0.1, -0.05) is 41.6 Å². The molecule has 0 fully saturated rings. The van der Waals surface area contributed by atoms with Crippen molar-refractivity contribution >= 4 is 29.3 Å². The average Bonchev–Trinajstić information content (AvgIpc) is 2.86. The summed E-state index contributed by atoms with van der Waals surface area (Å²) >= 11 is 7.54. The minimum atomic E-state index is -0.276. The van der Waals surface area contributed by atoms with Gasteiger partial charge in [0.05, 0.1) is 10.3 Å². The minimum absolute atomic E-state index is 0.0628. The molecule has 1 aromatic carbocycles. The molecule has 116 valence electrons. The molecule has 0 spiro atoms. The predicted molar refractivity (Wildman–Crippen MR) is 90.0 cm³/mol. The third-order valence-corrected chi connectivity index (χ3v) is 4.49. The Morgan fingerprint density at radius 2 is 2.23 bits per heavy atom. The standard InChI is InChI=1S/C15H17ClN4OS/c1-4-9-17-14(21)10(2)22-15-19-18-13(20(15)3)11-7-5-6-8-12(11)16/h4-8,10H,1,9H2,2-3H3,(H,17,21)/t10-/m1/s1. The minimum Gasteiger partial charge on any atom is -0.352 e. The molecule has 22 heavy (non-hydrogen) atoms. The molecule has 0 bridgehead atoms. The average molecular weight is 337 g/mol. The molecule has 7 heteroatoms. The van der Waals surface area contributed by atoms with Crippen molar-refractivity contribution < 1.29 is 4.79 Å². The number of nitrogens with zero attached hydrogens (tertiary/aromatic N) is 3. The van der Waals surface area contributed by atoms with Crippen LogP contribution in [-0.2, 0) is 11.8 Å². The van der Waals surface area contributed by atoms with Gasteiger partial charge in [-0.3, -0.25) is 4.79 Å². The van der Waals surface area contributed by atoms with Crippen molar-refractivity contribution in [3.05, 3.63) is 41.9 Å². The number of amides is 1. The van der Waals surface area contributed by atoms with Gasteiger partial charge in [0.15, 0.2) is 11.0 Å². The van der Waals surface area contributed by atoms with Gasteiger partial charge in [-0.15, -0.1) is 16.8 Å². The van der Waals surface area contributed by atoms with E-state index in [1.807, 2.05) is 42.8 Å². The summed E-state index contributed by atoms with van der Waals surface area (Å²) in [5.74, 6) is 0.610. The molecule has 0 aliphatic heterocycles. The second kappa shape index (κ2) is 7.47. The lowest BCUT2D eigenvalue weighted by Gasteiger charge is -2.10. The van der Waals surface area contributed by atoms with Gasteiger partial charge in [-0.05, 0) is 19.1 Å². The Morgan fingerprint density at radius 3 is 2.91 bits per heavy atom. The molecule has 2 aromatic rings. The predicted octanol–water partition coefficient (Wildman–Crippen LogP) is 2.92. The number of rotatable bonds is 6. The van der Waals surface area contributed by atoms with Gasteiger partial charge in [0.25, 0.3) is 0 Å². The van der Waals surface area contributed by atoms with Crippen molar-refractivity contribution in [2.75, 3.05) is 6.54 Å². The Kier molecular flexibility index (Phi) is 5.63. The fraction of sp³-hybridized carbons (Fsp3) is 0.267. The van der Waals surface area contributed by atoms with Crippen LogP contribution < -0.4 is 5.32 Å². The van der Waals surface area contributed by atoms with Crippen molar-refractivity contribution in [3.63, 3.8) is 0 Å². The van der Waals surface area contributed by atoms with Crippen LogP contribution in [0.15, 0.2) is 42.1 Å². The van der Waals surface area contributed by atoms with Gasteiger partial charge >= 0.3 is 0 Å². The highest BCUT2D eigenvalue weighted by atomic mass is 35.5. The lowest BCUT2D eigenvalue weighted by atomic mass is 10.2. The van der Waals surface area contributed by atoms with Crippen molar-refractivity contribution in [2.24, 2.45) is 7.05 Å². The van der Waals surface area contributed by atoms with E-state index < -0.39 is 0 Å². The second-order valence-corrected chi connectivity index (χ2v) is 6.35. The van der Waals surface area contributed by atoms with Crippen LogP contribution in [0.4, 0.5) is 0 Å². The third kappa shape index (κ3) is 3.69. The zero-order chi connectivity index (χ0) is 16.1. The Hall–Kier alpha value is -1.79. The second-order valence-electron chi connectivity index (χ2n) is 4.64. The summed E-state index contributed by atoms with van der Waals surface area (Å²) in [6.45, 7) is 5.85. The molecule has 0 saturated heterocycles. The summed E-state index contributed by atoms with van der Waals surface area (Å²) in [5, 5.41) is 12.1. The van der Waals surface area contributed by atoms with Gasteiger partial charge in [0, 0.05) is 19.2 Å². The van der Waals surface area contributed by atoms with Crippen molar-refractivity contribution in [1.82, 2.24) is 20.1 Å². The summed E-state index contributed by atoms with van der Waals surface area (Å²) in [5.41, 5.74) is 0.815. The van der Waals surface area contributed by atoms with E-state index in [0.29, 0.717) is 22.5 Å². The van der Waals surface area contributed by atoms with Gasteiger partial charge in [0.2, 0.25) is 5.91 Å². The summed E-state index contributed by atoms with van der Waals surface area (Å²) in [6.07, 6.45) is 1.65. The van der Waals surface area contributed by atoms with E-state index in [4.69, 9.17) is 11.6 Å². The van der Waals surface area contributed by atoms with Gasteiger partial charge in [0.1, 0.15) is 0 Å². The molecule has 0 radical (unpaired) electrons. The maximum absolute atomic E-state index is 11.9. The van der Waals surface area contributed by atoms with Crippen LogP contribution in [0.3, 0.4) is 0 Å². The highest BCUT2D eigenvalue weighted by Crippen LogP contribution is 2.29. The van der Waals surface area contributed by atoms with E-state index in [9.17, 15) is 4.79 Å². The van der Waals surface area contributed by atoms with E-state index in [1.165, 1.54) is 11.8 Å². The van der Waals surface area contributed by atoms with E-state index in [0.717, 1.165) is 5.56 Å². The van der Waals surface area contributed by atoms with E-state index in [2.05, 4.69) is 22.1 Å². The Labute approximate surface area is 138 Å². The fourth-order valence-electron chi connectivity index (χ4n) is 1.82. The van der Waals surface area contributed by atoms with Crippen molar-refractivity contribution in [3.8, 4) is 11.4 Å². The monoisotopic (exact) mass is 336 g/mol. The summed E-state index contributed by atoms with van der Waals surface area (Å²) in [7, 11) is 1.86. The molecule has 1 heterocycles. The number of aromatic nitrogens is 3. The van der Waals surface area contributed by atoms with Crippen LogP contribution >= 0.6 is 23.4 Å². The number of hydrogen-bond acceptors (Lipinski definition) is 4. The fourth-order valence-corrected chi connectivity index (χ4v) is 2.88. The molecule has 1 atom stereocenters. The molecule has 0 unspecified atom stereocenters. The molecular weight excluding hydrogens is 320 g/mol. The van der Waals surface area contributed by atoms with Crippen LogP contribution in [0.5, 0.6) is 0 Å². The summed E-state index contributed by atoms with van der Waals surface area (Å²) < 4.78 is 1.84. The van der Waals surface area contributed by atoms with Gasteiger partial charge in [-0.25, -0.2) is 0 Å². The van der Waals surface area contributed by atoms with Crippen molar-refractivity contribution in [2.45, 2.75) is 17.3 Å². The first-order valence-corrected chi connectivity index (χ1v) is 8.00. The van der Waals surface area contributed by atoms with Crippen LogP contribution in [0.1, 0.15) is 6.92 Å². The van der Waals surface area contributed by atoms with E-state index >= 15 is 0 Å². The largest absolute Gasteiger partial charge is 0.352 e. The number of halogens is 1. The number of nitrogens with one attached hydrogen (secondary N) is 1. The summed E-state index contributed by atoms with van der Waals surface area (Å²) in [4.78, 5) is 11.9. The number of carbonyl (C=O) groups excluding carboxylic acids is 1. The topological polar surface area (TPSA) is 59.8 Å². The van der Waals surface area contributed by atoms with E-state index in [-0.39, 0.29) is 11.2 Å². The molecule has 0 aliphatic rings. The number of carbonyl (C=O) groups is 1. The number of benzene rings is 1. The quantitative estimate of drug-likeness (QED) is 0.651. The first kappa shape index (κ1) is 16.6. The van der Waals surface area contributed by atoms with Crippen LogP contribution in [0, 0.1) is 0 Å².